The van der Waals surface area contributed by atoms with E-state index >= 15 is 0 Å². The molecule has 4 N–H and O–H groups in total. The summed E-state index contributed by atoms with van der Waals surface area (Å²) in [5.41, 5.74) is 6.08. The van der Waals surface area contributed by atoms with E-state index in [2.05, 4.69) is 11.2 Å². The molecule has 0 aliphatic carbocycles. The molecule has 0 heterocycles. The number of benzene rings is 1. The van der Waals surface area contributed by atoms with Gasteiger partial charge in [0.05, 0.1) is 11.4 Å². The van der Waals surface area contributed by atoms with Crippen LogP contribution >= 0.6 is 11.8 Å². The fourth-order valence-electron chi connectivity index (χ4n) is 1.15. The molecule has 4 nitrogen and oxygen atoms in total. The molecule has 0 unspecified atom stereocenters. The standard InChI is InChI=1S/C12H14N2O2S/c1-2-6-17-7-5-14-12(16)9-3-4-10(13)11(15)8-9/h1,3-4,8,15H,5-7,13H2,(H,14,16). The third kappa shape index (κ3) is 4.29. The van der Waals surface area contributed by atoms with Crippen molar-refractivity contribution >= 4 is 23.4 Å². The van der Waals surface area contributed by atoms with Crippen LogP contribution in [0.2, 0.25) is 0 Å². The first-order chi connectivity index (χ1) is 8.15. The van der Waals surface area contributed by atoms with Crippen molar-refractivity contribution in [2.75, 3.05) is 23.8 Å². The van der Waals surface area contributed by atoms with Gasteiger partial charge in [-0.2, -0.15) is 0 Å². The van der Waals surface area contributed by atoms with Crippen LogP contribution in [0.4, 0.5) is 5.69 Å². The van der Waals surface area contributed by atoms with Crippen LogP contribution in [0.1, 0.15) is 10.4 Å². The molecule has 0 aliphatic rings. The third-order valence-electron chi connectivity index (χ3n) is 2.01. The first kappa shape index (κ1) is 13.3. The molecule has 0 saturated heterocycles. The van der Waals surface area contributed by atoms with Crippen LogP contribution in [0, 0.1) is 12.3 Å². The van der Waals surface area contributed by atoms with Gasteiger partial charge in [-0.3, -0.25) is 4.79 Å². The Kier molecular flexibility index (Phi) is 5.24. The zero-order chi connectivity index (χ0) is 12.7. The molecule has 1 aromatic rings. The second-order valence-corrected chi connectivity index (χ2v) is 4.39. The van der Waals surface area contributed by atoms with Crippen LogP contribution in [0.5, 0.6) is 5.75 Å². The van der Waals surface area contributed by atoms with E-state index in [1.165, 1.54) is 12.1 Å². The van der Waals surface area contributed by atoms with Gasteiger partial charge >= 0.3 is 0 Å². The largest absolute Gasteiger partial charge is 0.506 e. The van der Waals surface area contributed by atoms with Crippen LogP contribution in [-0.4, -0.2) is 29.1 Å². The first-order valence-corrected chi connectivity index (χ1v) is 6.18. The summed E-state index contributed by atoms with van der Waals surface area (Å²) < 4.78 is 0. The maximum Gasteiger partial charge on any atom is 0.251 e. The van der Waals surface area contributed by atoms with Gasteiger partial charge in [-0.05, 0) is 18.2 Å². The first-order valence-electron chi connectivity index (χ1n) is 5.03. The minimum atomic E-state index is -0.235. The molecule has 90 valence electrons. The van der Waals surface area contributed by atoms with Gasteiger partial charge in [0.1, 0.15) is 5.75 Å². The van der Waals surface area contributed by atoms with Gasteiger partial charge in [0.2, 0.25) is 0 Å². The highest BCUT2D eigenvalue weighted by Crippen LogP contribution is 2.20. The van der Waals surface area contributed by atoms with Crippen molar-refractivity contribution < 1.29 is 9.90 Å². The summed E-state index contributed by atoms with van der Waals surface area (Å²) >= 11 is 1.58. The van der Waals surface area contributed by atoms with Gasteiger partial charge < -0.3 is 16.2 Å². The Hall–Kier alpha value is -1.80. The molecule has 0 atom stereocenters. The predicted molar refractivity (Wildman–Crippen MR) is 71.0 cm³/mol. The van der Waals surface area contributed by atoms with E-state index in [0.29, 0.717) is 17.9 Å². The number of nitrogens with two attached hydrogens (primary N) is 1. The number of phenolic OH excluding ortho intramolecular Hbond substituents is 1. The lowest BCUT2D eigenvalue weighted by molar-refractivity contribution is 0.0956. The van der Waals surface area contributed by atoms with Crippen molar-refractivity contribution in [3.63, 3.8) is 0 Å². The number of nitrogens with one attached hydrogen (secondary N) is 1. The van der Waals surface area contributed by atoms with Crippen LogP contribution in [0.15, 0.2) is 18.2 Å². The monoisotopic (exact) mass is 250 g/mol. The number of thioether (sulfide) groups is 1. The normalized spacial score (nSPS) is 9.59. The molecule has 5 heteroatoms. The maximum atomic E-state index is 11.6. The smallest absolute Gasteiger partial charge is 0.251 e. The molecule has 1 rings (SSSR count). The Morgan fingerprint density at radius 2 is 2.35 bits per heavy atom. The summed E-state index contributed by atoms with van der Waals surface area (Å²) in [6, 6.07) is 4.41. The van der Waals surface area contributed by atoms with Gasteiger partial charge in [0.15, 0.2) is 0 Å². The quantitative estimate of drug-likeness (QED) is 0.316. The molecule has 0 bridgehead atoms. The molecule has 0 saturated carbocycles. The van der Waals surface area contributed by atoms with E-state index in [1.807, 2.05) is 0 Å². The van der Waals surface area contributed by atoms with E-state index < -0.39 is 0 Å². The van der Waals surface area contributed by atoms with Gasteiger partial charge in [-0.15, -0.1) is 18.2 Å². The van der Waals surface area contributed by atoms with E-state index in [-0.39, 0.29) is 17.3 Å². The zero-order valence-electron chi connectivity index (χ0n) is 9.27. The number of anilines is 1. The highest BCUT2D eigenvalue weighted by molar-refractivity contribution is 7.99. The van der Waals surface area contributed by atoms with Crippen LogP contribution < -0.4 is 11.1 Å². The molecule has 1 amide bonds. The predicted octanol–water partition coefficient (Wildman–Crippen LogP) is 1.07. The fraction of sp³-hybridized carbons (Fsp3) is 0.250. The second-order valence-electron chi connectivity index (χ2n) is 3.29. The molecule has 0 spiro atoms. The maximum absolute atomic E-state index is 11.6. The van der Waals surface area contributed by atoms with Crippen molar-refractivity contribution in [2.45, 2.75) is 0 Å². The number of amides is 1. The lowest BCUT2D eigenvalue weighted by Crippen LogP contribution is -2.25. The molecular formula is C12H14N2O2S. The number of aromatic hydroxyl groups is 1. The highest BCUT2D eigenvalue weighted by atomic mass is 32.2. The Morgan fingerprint density at radius 3 is 3.00 bits per heavy atom. The van der Waals surface area contributed by atoms with E-state index in [4.69, 9.17) is 12.2 Å². The summed E-state index contributed by atoms with van der Waals surface area (Å²) in [6.45, 7) is 0.538. The minimum Gasteiger partial charge on any atom is -0.506 e. The van der Waals surface area contributed by atoms with E-state index in [0.717, 1.165) is 5.75 Å². The topological polar surface area (TPSA) is 75.4 Å². The summed E-state index contributed by atoms with van der Waals surface area (Å²) in [6.07, 6.45) is 5.09. The molecule has 17 heavy (non-hydrogen) atoms. The highest BCUT2D eigenvalue weighted by Gasteiger charge is 2.06. The molecule has 1 aromatic carbocycles. The number of carbonyl (C=O) groups is 1. The zero-order valence-corrected chi connectivity index (χ0v) is 10.1. The summed E-state index contributed by atoms with van der Waals surface area (Å²) in [7, 11) is 0. The molecule has 0 radical (unpaired) electrons. The lowest BCUT2D eigenvalue weighted by atomic mass is 10.2. The van der Waals surface area contributed by atoms with Gasteiger partial charge in [-0.25, -0.2) is 0 Å². The molecule has 0 aliphatic heterocycles. The molecule has 0 aromatic heterocycles. The van der Waals surface area contributed by atoms with Gasteiger partial charge in [-0.1, -0.05) is 5.92 Å². The number of hydrogen-bond acceptors (Lipinski definition) is 4. The van der Waals surface area contributed by atoms with Crippen LogP contribution in [0.3, 0.4) is 0 Å². The van der Waals surface area contributed by atoms with E-state index in [1.54, 1.807) is 17.8 Å². The average Bonchev–Trinajstić information content (AvgIpc) is 2.32. The van der Waals surface area contributed by atoms with Crippen molar-refractivity contribution in [2.24, 2.45) is 0 Å². The fourth-order valence-corrected chi connectivity index (χ4v) is 1.66. The number of carbonyl (C=O) groups excluding carboxylic acids is 1. The van der Waals surface area contributed by atoms with Crippen LogP contribution in [0.25, 0.3) is 0 Å². The van der Waals surface area contributed by atoms with Crippen molar-refractivity contribution in [3.8, 4) is 18.1 Å². The lowest BCUT2D eigenvalue weighted by Gasteiger charge is -2.05. The van der Waals surface area contributed by atoms with Crippen molar-refractivity contribution in [3.05, 3.63) is 23.8 Å². The number of nitrogen functional groups attached to an aromatic ring is 1. The SMILES string of the molecule is C#CCSCCNC(=O)c1ccc(N)c(O)c1. The number of rotatable bonds is 5. The third-order valence-corrected chi connectivity index (χ3v) is 2.87. The Labute approximate surface area is 105 Å². The Balaban J connectivity index is 2.42. The van der Waals surface area contributed by atoms with Crippen LogP contribution in [-0.2, 0) is 0 Å². The number of phenols is 1. The van der Waals surface area contributed by atoms with Gasteiger partial charge in [0.25, 0.3) is 5.91 Å². The molecular weight excluding hydrogens is 236 g/mol. The number of terminal acetylenes is 1. The van der Waals surface area contributed by atoms with Gasteiger partial charge in [0, 0.05) is 17.9 Å². The van der Waals surface area contributed by atoms with E-state index in [9.17, 15) is 9.90 Å². The van der Waals surface area contributed by atoms with Crippen molar-refractivity contribution in [1.29, 1.82) is 0 Å². The second kappa shape index (κ2) is 6.71. The summed E-state index contributed by atoms with van der Waals surface area (Å²) in [5, 5.41) is 12.1. The van der Waals surface area contributed by atoms with Crippen molar-refractivity contribution in [1.82, 2.24) is 5.32 Å². The summed E-state index contributed by atoms with van der Waals surface area (Å²) in [5.74, 6) is 3.58. The Morgan fingerprint density at radius 1 is 1.59 bits per heavy atom. The number of hydrogen-bond donors (Lipinski definition) is 3. The minimum absolute atomic E-state index is 0.0839. The average molecular weight is 250 g/mol. The molecule has 0 fully saturated rings. The summed E-state index contributed by atoms with van der Waals surface area (Å²) in [4.78, 5) is 11.6. The Bertz CT molecular complexity index is 441.